The van der Waals surface area contributed by atoms with E-state index in [0.29, 0.717) is 0 Å². The topological polar surface area (TPSA) is 79.5 Å². The first-order valence-electron chi connectivity index (χ1n) is 5.01. The molecule has 2 amide bonds. The fourth-order valence-corrected chi connectivity index (χ4v) is 2.11. The van der Waals surface area contributed by atoms with Gasteiger partial charge in [0.1, 0.15) is 0 Å². The average Bonchev–Trinajstić information content (AvgIpc) is 2.23. The number of benzene rings is 1. The van der Waals surface area contributed by atoms with E-state index in [1.165, 1.54) is 7.05 Å². The van der Waals surface area contributed by atoms with Crippen LogP contribution in [-0.2, 0) is 0 Å². The Labute approximate surface area is 121 Å². The molecule has 0 aliphatic rings. The van der Waals surface area contributed by atoms with E-state index in [-0.39, 0.29) is 18.4 Å². The van der Waals surface area contributed by atoms with Gasteiger partial charge in [0.25, 0.3) is 0 Å². The van der Waals surface area contributed by atoms with Crippen molar-refractivity contribution in [3.63, 3.8) is 0 Å². The van der Waals surface area contributed by atoms with Gasteiger partial charge in [0.05, 0.1) is 0 Å². The molecule has 0 aromatic heterocycles. The third-order valence-corrected chi connectivity index (χ3v) is 2.68. The van der Waals surface area contributed by atoms with Crippen molar-refractivity contribution in [3.05, 3.63) is 27.7 Å². The number of nitrogens with two attached hydrogens (primary N) is 1. The summed E-state index contributed by atoms with van der Waals surface area (Å²) in [7, 11) is 1.51. The van der Waals surface area contributed by atoms with Crippen LogP contribution >= 0.6 is 28.3 Å². The van der Waals surface area contributed by atoms with Gasteiger partial charge in [0, 0.05) is 17.2 Å². The summed E-state index contributed by atoms with van der Waals surface area (Å²) in [6.45, 7) is 3.84. The number of carbonyl (C=O) groups excluding carboxylic acids is 1. The number of carbonyl (C=O) groups is 1. The number of halogens is 2. The van der Waals surface area contributed by atoms with E-state index in [2.05, 4.69) is 31.6 Å². The number of hydrogen-bond acceptors (Lipinski definition) is 2. The number of urea groups is 1. The molecule has 0 bridgehead atoms. The lowest BCUT2D eigenvalue weighted by Gasteiger charge is -2.12. The van der Waals surface area contributed by atoms with Gasteiger partial charge in [-0.3, -0.25) is 10.3 Å². The quantitative estimate of drug-likeness (QED) is 0.544. The molecule has 0 radical (unpaired) electrons. The molecule has 0 fully saturated rings. The Morgan fingerprint density at radius 1 is 1.33 bits per heavy atom. The average molecular weight is 336 g/mol. The van der Waals surface area contributed by atoms with Crippen molar-refractivity contribution in [3.8, 4) is 0 Å². The summed E-state index contributed by atoms with van der Waals surface area (Å²) in [6.07, 6.45) is 0. The van der Waals surface area contributed by atoms with Crippen molar-refractivity contribution in [1.82, 2.24) is 5.32 Å². The molecule has 5 nitrogen and oxygen atoms in total. The van der Waals surface area contributed by atoms with E-state index in [0.717, 1.165) is 21.3 Å². The number of hydrogen-bond donors (Lipinski definition) is 3. The largest absolute Gasteiger partial charge is 0.370 e. The van der Waals surface area contributed by atoms with Crippen LogP contribution in [0, 0.1) is 13.8 Å². The highest BCUT2D eigenvalue weighted by Crippen LogP contribution is 2.24. The minimum Gasteiger partial charge on any atom is -0.370 e. The van der Waals surface area contributed by atoms with Crippen LogP contribution in [0.5, 0.6) is 0 Å². The number of amides is 2. The van der Waals surface area contributed by atoms with Gasteiger partial charge in [-0.2, -0.15) is 0 Å². The number of aryl methyl sites for hydroxylation is 2. The second kappa shape index (κ2) is 7.23. The van der Waals surface area contributed by atoms with Crippen LogP contribution in [0.1, 0.15) is 11.1 Å². The van der Waals surface area contributed by atoms with Crippen molar-refractivity contribution >= 4 is 46.0 Å². The Bertz CT molecular complexity index is 453. The molecule has 0 heterocycles. The van der Waals surface area contributed by atoms with Crippen LogP contribution in [-0.4, -0.2) is 19.0 Å². The first-order chi connectivity index (χ1) is 7.93. The maximum absolute atomic E-state index is 11.6. The van der Waals surface area contributed by atoms with E-state index >= 15 is 0 Å². The Hall–Kier alpha value is -1.27. The Kier molecular flexibility index (Phi) is 6.72. The molecule has 1 rings (SSSR count). The zero-order valence-corrected chi connectivity index (χ0v) is 12.8. The smallest absolute Gasteiger partial charge is 0.326 e. The third-order valence-electron chi connectivity index (χ3n) is 2.22. The molecule has 0 unspecified atom stereocenters. The highest BCUT2D eigenvalue weighted by molar-refractivity contribution is 9.10. The predicted octanol–water partition coefficient (Wildman–Crippen LogP) is 2.55. The minimum atomic E-state index is -0.401. The molecule has 1 aromatic carbocycles. The van der Waals surface area contributed by atoms with Crippen molar-refractivity contribution in [2.24, 2.45) is 10.7 Å². The van der Waals surface area contributed by atoms with Crippen molar-refractivity contribution in [2.45, 2.75) is 13.8 Å². The molecule has 4 N–H and O–H groups in total. The molecule has 0 aliphatic carbocycles. The zero-order valence-electron chi connectivity index (χ0n) is 10.4. The summed E-state index contributed by atoms with van der Waals surface area (Å²) in [5.41, 5.74) is 8.11. The maximum atomic E-state index is 11.6. The van der Waals surface area contributed by atoms with E-state index in [1.807, 2.05) is 26.0 Å². The standard InChI is InChI=1S/C11H15BrN4O.ClH/c1-6-4-8(12)5-7(2)9(6)15-11(17)16-10(13)14-3;/h4-5H,1-3H3,(H4,13,14,15,16,17);1H. The normalized spacial score (nSPS) is 10.6. The molecule has 100 valence electrons. The molecule has 18 heavy (non-hydrogen) atoms. The molecular weight excluding hydrogens is 320 g/mol. The number of guanidine groups is 1. The van der Waals surface area contributed by atoms with Gasteiger partial charge in [0.15, 0.2) is 5.96 Å². The van der Waals surface area contributed by atoms with Crippen LogP contribution in [0.3, 0.4) is 0 Å². The maximum Gasteiger partial charge on any atom is 0.326 e. The SMILES string of the molecule is CN=C(N)NC(=O)Nc1c(C)cc(Br)cc1C.Cl. The monoisotopic (exact) mass is 334 g/mol. The number of nitrogens with zero attached hydrogens (tertiary/aromatic N) is 1. The lowest BCUT2D eigenvalue weighted by molar-refractivity contribution is 0.256. The molecule has 0 aliphatic heterocycles. The van der Waals surface area contributed by atoms with Gasteiger partial charge in [-0.15, -0.1) is 12.4 Å². The minimum absolute atomic E-state index is 0. The zero-order chi connectivity index (χ0) is 13.0. The second-order valence-electron chi connectivity index (χ2n) is 3.60. The van der Waals surface area contributed by atoms with Crippen LogP contribution in [0.4, 0.5) is 10.5 Å². The van der Waals surface area contributed by atoms with Gasteiger partial charge in [0.2, 0.25) is 0 Å². The Balaban J connectivity index is 0.00000289. The lowest BCUT2D eigenvalue weighted by atomic mass is 10.1. The second-order valence-corrected chi connectivity index (χ2v) is 4.52. The van der Waals surface area contributed by atoms with Crippen molar-refractivity contribution < 1.29 is 4.79 Å². The summed E-state index contributed by atoms with van der Waals surface area (Å²) in [6, 6.07) is 3.46. The third kappa shape index (κ3) is 4.54. The summed E-state index contributed by atoms with van der Waals surface area (Å²) in [5.74, 6) is 0.0786. The van der Waals surface area contributed by atoms with Crippen molar-refractivity contribution in [1.29, 1.82) is 0 Å². The highest BCUT2D eigenvalue weighted by Gasteiger charge is 2.08. The molecule has 0 saturated carbocycles. The fraction of sp³-hybridized carbons (Fsp3) is 0.273. The Morgan fingerprint density at radius 3 is 2.28 bits per heavy atom. The molecule has 0 atom stereocenters. The van der Waals surface area contributed by atoms with E-state index < -0.39 is 6.03 Å². The first-order valence-corrected chi connectivity index (χ1v) is 5.80. The Morgan fingerprint density at radius 2 is 1.83 bits per heavy atom. The van der Waals surface area contributed by atoms with Crippen molar-refractivity contribution in [2.75, 3.05) is 12.4 Å². The number of aliphatic imine (C=N–C) groups is 1. The molecule has 1 aromatic rings. The molecule has 7 heteroatoms. The number of anilines is 1. The van der Waals surface area contributed by atoms with Gasteiger partial charge >= 0.3 is 6.03 Å². The van der Waals surface area contributed by atoms with Crippen LogP contribution in [0.2, 0.25) is 0 Å². The molecular formula is C11H16BrClN4O. The first kappa shape index (κ1) is 16.7. The predicted molar refractivity (Wildman–Crippen MR) is 80.6 cm³/mol. The van der Waals surface area contributed by atoms with Crippen LogP contribution in [0.15, 0.2) is 21.6 Å². The summed E-state index contributed by atoms with van der Waals surface area (Å²) >= 11 is 3.40. The summed E-state index contributed by atoms with van der Waals surface area (Å²) < 4.78 is 0.980. The fourth-order valence-electron chi connectivity index (χ4n) is 1.42. The van der Waals surface area contributed by atoms with Gasteiger partial charge in [-0.05, 0) is 37.1 Å². The van der Waals surface area contributed by atoms with E-state index in [4.69, 9.17) is 5.73 Å². The summed E-state index contributed by atoms with van der Waals surface area (Å²) in [5, 5.41) is 5.15. The number of nitrogens with one attached hydrogen (secondary N) is 2. The highest BCUT2D eigenvalue weighted by atomic mass is 79.9. The summed E-state index contributed by atoms with van der Waals surface area (Å²) in [4.78, 5) is 15.2. The van der Waals surface area contributed by atoms with E-state index in [1.54, 1.807) is 0 Å². The van der Waals surface area contributed by atoms with E-state index in [9.17, 15) is 4.79 Å². The van der Waals surface area contributed by atoms with Gasteiger partial charge < -0.3 is 11.1 Å². The molecule has 0 spiro atoms. The number of rotatable bonds is 1. The van der Waals surface area contributed by atoms with Gasteiger partial charge in [-0.25, -0.2) is 4.79 Å². The van der Waals surface area contributed by atoms with Gasteiger partial charge in [-0.1, -0.05) is 15.9 Å². The van der Waals surface area contributed by atoms with Crippen LogP contribution in [0.25, 0.3) is 0 Å². The van der Waals surface area contributed by atoms with Crippen LogP contribution < -0.4 is 16.4 Å². The lowest BCUT2D eigenvalue weighted by Crippen LogP contribution is -2.39. The molecule has 0 saturated heterocycles.